The maximum absolute atomic E-state index is 11.2. The van der Waals surface area contributed by atoms with Crippen LogP contribution in [0.2, 0.25) is 0 Å². The first-order chi connectivity index (χ1) is 6.96. The van der Waals surface area contributed by atoms with E-state index in [1.54, 1.807) is 0 Å². The largest absolute Gasteiger partial charge is 0.467 e. The number of carbonyl (C=O) groups excluding carboxylic acids is 1. The Kier molecular flexibility index (Phi) is 4.14. The van der Waals surface area contributed by atoms with Gasteiger partial charge in [0.2, 0.25) is 0 Å². The molecule has 1 fully saturated rings. The van der Waals surface area contributed by atoms with Gasteiger partial charge in [0.15, 0.2) is 6.10 Å². The van der Waals surface area contributed by atoms with Crippen LogP contribution in [0.3, 0.4) is 0 Å². The van der Waals surface area contributed by atoms with Crippen molar-refractivity contribution in [1.82, 2.24) is 0 Å². The first-order valence-corrected chi connectivity index (χ1v) is 5.72. The molecule has 1 saturated carbocycles. The fourth-order valence-corrected chi connectivity index (χ4v) is 2.32. The molecular formula is C12H22O3. The van der Waals surface area contributed by atoms with Crippen molar-refractivity contribution in [3.05, 3.63) is 0 Å². The number of aliphatic hydroxyl groups excluding tert-OH is 1. The van der Waals surface area contributed by atoms with E-state index in [-0.39, 0.29) is 5.92 Å². The Bertz CT molecular complexity index is 223. The highest BCUT2D eigenvalue weighted by Gasteiger charge is 2.31. The number of hydrogen-bond acceptors (Lipinski definition) is 3. The second kappa shape index (κ2) is 4.97. The van der Waals surface area contributed by atoms with Crippen LogP contribution in [0.4, 0.5) is 0 Å². The van der Waals surface area contributed by atoms with E-state index in [4.69, 9.17) is 0 Å². The molecule has 1 rings (SSSR count). The van der Waals surface area contributed by atoms with E-state index in [2.05, 4.69) is 18.6 Å². The van der Waals surface area contributed by atoms with Crippen molar-refractivity contribution in [2.45, 2.75) is 52.1 Å². The van der Waals surface area contributed by atoms with Crippen LogP contribution in [0.15, 0.2) is 0 Å². The van der Waals surface area contributed by atoms with Crippen LogP contribution >= 0.6 is 0 Å². The number of aliphatic hydroxyl groups is 1. The van der Waals surface area contributed by atoms with Crippen molar-refractivity contribution in [2.75, 3.05) is 7.11 Å². The topological polar surface area (TPSA) is 46.5 Å². The average Bonchev–Trinajstić information content (AvgIpc) is 2.37. The molecule has 88 valence electrons. The zero-order valence-electron chi connectivity index (χ0n) is 9.95. The van der Waals surface area contributed by atoms with Gasteiger partial charge in [-0.2, -0.15) is 0 Å². The lowest BCUT2D eigenvalue weighted by molar-refractivity contribution is -0.153. The molecule has 0 aliphatic heterocycles. The standard InChI is InChI=1S/C12H22O3/c1-12(2)7-4-5-9(6-8-12)10(13)11(14)15-3/h9-10,13H,4-8H2,1-3H3. The predicted molar refractivity (Wildman–Crippen MR) is 58.4 cm³/mol. The molecule has 2 unspecified atom stereocenters. The lowest BCUT2D eigenvalue weighted by atomic mass is 9.84. The molecule has 0 saturated heterocycles. The monoisotopic (exact) mass is 214 g/mol. The molecule has 15 heavy (non-hydrogen) atoms. The maximum Gasteiger partial charge on any atom is 0.334 e. The van der Waals surface area contributed by atoms with Crippen molar-refractivity contribution in [3.63, 3.8) is 0 Å². The highest BCUT2D eigenvalue weighted by Crippen LogP contribution is 2.37. The zero-order chi connectivity index (χ0) is 11.5. The summed E-state index contributed by atoms with van der Waals surface area (Å²) in [6.45, 7) is 4.50. The summed E-state index contributed by atoms with van der Waals surface area (Å²) in [6.07, 6.45) is 4.27. The third-order valence-corrected chi connectivity index (χ3v) is 3.51. The summed E-state index contributed by atoms with van der Waals surface area (Å²) in [5.74, 6) is -0.404. The van der Waals surface area contributed by atoms with Crippen molar-refractivity contribution in [3.8, 4) is 0 Å². The summed E-state index contributed by atoms with van der Waals surface area (Å²) < 4.78 is 4.57. The van der Waals surface area contributed by atoms with Gasteiger partial charge in [0.25, 0.3) is 0 Å². The van der Waals surface area contributed by atoms with Crippen molar-refractivity contribution < 1.29 is 14.6 Å². The van der Waals surface area contributed by atoms with E-state index in [9.17, 15) is 9.90 Å². The molecule has 0 aromatic rings. The Morgan fingerprint density at radius 3 is 2.67 bits per heavy atom. The second-order valence-corrected chi connectivity index (χ2v) is 5.32. The first kappa shape index (κ1) is 12.5. The van der Waals surface area contributed by atoms with Crippen LogP contribution in [-0.4, -0.2) is 24.3 Å². The zero-order valence-corrected chi connectivity index (χ0v) is 9.95. The van der Waals surface area contributed by atoms with Crippen LogP contribution in [0, 0.1) is 11.3 Å². The fourth-order valence-electron chi connectivity index (χ4n) is 2.32. The van der Waals surface area contributed by atoms with Crippen LogP contribution < -0.4 is 0 Å². The minimum absolute atomic E-state index is 0.0826. The van der Waals surface area contributed by atoms with Gasteiger partial charge >= 0.3 is 5.97 Å². The van der Waals surface area contributed by atoms with Crippen molar-refractivity contribution in [1.29, 1.82) is 0 Å². The molecule has 0 radical (unpaired) electrons. The Balaban J connectivity index is 2.54. The highest BCUT2D eigenvalue weighted by atomic mass is 16.5. The molecular weight excluding hydrogens is 192 g/mol. The van der Waals surface area contributed by atoms with Gasteiger partial charge in [-0.05, 0) is 37.0 Å². The minimum atomic E-state index is -0.927. The summed E-state index contributed by atoms with van der Waals surface area (Å²) in [5, 5.41) is 9.76. The Morgan fingerprint density at radius 1 is 1.40 bits per heavy atom. The van der Waals surface area contributed by atoms with E-state index in [0.29, 0.717) is 5.41 Å². The Hall–Kier alpha value is -0.570. The number of rotatable bonds is 2. The molecule has 1 aliphatic carbocycles. The molecule has 0 bridgehead atoms. The van der Waals surface area contributed by atoms with Gasteiger partial charge in [-0.15, -0.1) is 0 Å². The molecule has 0 aromatic heterocycles. The normalized spacial score (nSPS) is 27.9. The predicted octanol–water partition coefficient (Wildman–Crippen LogP) is 2.13. The molecule has 3 heteroatoms. The number of hydrogen-bond donors (Lipinski definition) is 1. The maximum atomic E-state index is 11.2. The van der Waals surface area contributed by atoms with Gasteiger partial charge in [-0.1, -0.05) is 20.3 Å². The van der Waals surface area contributed by atoms with Crippen LogP contribution in [0.1, 0.15) is 46.0 Å². The fraction of sp³-hybridized carbons (Fsp3) is 0.917. The van der Waals surface area contributed by atoms with E-state index in [0.717, 1.165) is 25.7 Å². The molecule has 0 heterocycles. The van der Waals surface area contributed by atoms with Crippen LogP contribution in [0.25, 0.3) is 0 Å². The summed E-state index contributed by atoms with van der Waals surface area (Å²) >= 11 is 0. The molecule has 3 nitrogen and oxygen atoms in total. The number of carbonyl (C=O) groups is 1. The summed E-state index contributed by atoms with van der Waals surface area (Å²) in [4.78, 5) is 11.2. The van der Waals surface area contributed by atoms with E-state index < -0.39 is 12.1 Å². The van der Waals surface area contributed by atoms with Crippen LogP contribution in [0.5, 0.6) is 0 Å². The molecule has 1 N–H and O–H groups in total. The minimum Gasteiger partial charge on any atom is -0.467 e. The van der Waals surface area contributed by atoms with Gasteiger partial charge in [0, 0.05) is 0 Å². The molecule has 0 amide bonds. The summed E-state index contributed by atoms with van der Waals surface area (Å²) in [6, 6.07) is 0. The van der Waals surface area contributed by atoms with E-state index in [1.165, 1.54) is 13.5 Å². The number of ether oxygens (including phenoxy) is 1. The first-order valence-electron chi connectivity index (χ1n) is 5.72. The third-order valence-electron chi connectivity index (χ3n) is 3.51. The third kappa shape index (κ3) is 3.49. The summed E-state index contributed by atoms with van der Waals surface area (Å²) in [5.41, 5.74) is 0.352. The number of esters is 1. The molecule has 1 aliphatic rings. The van der Waals surface area contributed by atoms with Gasteiger partial charge in [0.1, 0.15) is 0 Å². The lowest BCUT2D eigenvalue weighted by Gasteiger charge is -2.22. The van der Waals surface area contributed by atoms with Gasteiger partial charge in [-0.3, -0.25) is 0 Å². The molecule has 2 atom stereocenters. The number of methoxy groups -OCH3 is 1. The Labute approximate surface area is 91.8 Å². The average molecular weight is 214 g/mol. The SMILES string of the molecule is COC(=O)C(O)C1CCCC(C)(C)CC1. The van der Waals surface area contributed by atoms with Gasteiger partial charge in [-0.25, -0.2) is 4.79 Å². The van der Waals surface area contributed by atoms with Crippen LogP contribution in [-0.2, 0) is 9.53 Å². The second-order valence-electron chi connectivity index (χ2n) is 5.32. The Morgan fingerprint density at radius 2 is 2.07 bits per heavy atom. The molecule has 0 aromatic carbocycles. The van der Waals surface area contributed by atoms with E-state index >= 15 is 0 Å². The summed E-state index contributed by atoms with van der Waals surface area (Å²) in [7, 11) is 1.33. The smallest absolute Gasteiger partial charge is 0.334 e. The quantitative estimate of drug-likeness (QED) is 0.566. The van der Waals surface area contributed by atoms with Crippen molar-refractivity contribution in [2.24, 2.45) is 11.3 Å². The van der Waals surface area contributed by atoms with Crippen molar-refractivity contribution >= 4 is 5.97 Å². The molecule has 0 spiro atoms. The van der Waals surface area contributed by atoms with Gasteiger partial charge in [0.05, 0.1) is 7.11 Å². The van der Waals surface area contributed by atoms with Gasteiger partial charge < -0.3 is 9.84 Å². The lowest BCUT2D eigenvalue weighted by Crippen LogP contribution is -2.30. The highest BCUT2D eigenvalue weighted by molar-refractivity contribution is 5.74. The van der Waals surface area contributed by atoms with E-state index in [1.807, 2.05) is 0 Å².